The number of nitrogens with one attached hydrogen (secondary N) is 1. The molecule has 0 saturated carbocycles. The number of hydrogen-bond donors (Lipinski definition) is 1. The van der Waals surface area contributed by atoms with E-state index in [4.69, 9.17) is 4.42 Å². The maximum Gasteiger partial charge on any atom is 0.152 e. The summed E-state index contributed by atoms with van der Waals surface area (Å²) in [6.45, 7) is 0. The minimum atomic E-state index is 0.789. The van der Waals surface area contributed by atoms with Crippen molar-refractivity contribution in [2.75, 3.05) is 12.4 Å². The van der Waals surface area contributed by atoms with Gasteiger partial charge in [-0.1, -0.05) is 0 Å². The molecule has 66 valence electrons. The lowest BCUT2D eigenvalue weighted by Gasteiger charge is -2.00. The molecule has 2 rings (SSSR count). The number of rotatable bonds is 2. The Morgan fingerprint density at radius 3 is 3.00 bits per heavy atom. The van der Waals surface area contributed by atoms with Gasteiger partial charge < -0.3 is 9.73 Å². The second kappa shape index (κ2) is 3.31. The number of hydrogen-bond acceptors (Lipinski definition) is 3. The van der Waals surface area contributed by atoms with Gasteiger partial charge in [0.2, 0.25) is 0 Å². The summed E-state index contributed by atoms with van der Waals surface area (Å²) < 4.78 is 5.23. The Bertz CT molecular complexity index is 382. The highest BCUT2D eigenvalue weighted by atomic mass is 16.3. The summed E-state index contributed by atoms with van der Waals surface area (Å²) >= 11 is 0. The molecule has 13 heavy (non-hydrogen) atoms. The van der Waals surface area contributed by atoms with E-state index in [1.807, 2.05) is 31.3 Å². The van der Waals surface area contributed by atoms with Crippen molar-refractivity contribution in [3.63, 3.8) is 0 Å². The van der Waals surface area contributed by atoms with Gasteiger partial charge in [0, 0.05) is 18.9 Å². The van der Waals surface area contributed by atoms with E-state index < -0.39 is 0 Å². The minimum Gasteiger partial charge on any atom is -0.463 e. The van der Waals surface area contributed by atoms with Crippen LogP contribution in [-0.2, 0) is 0 Å². The molecule has 0 aliphatic heterocycles. The molecule has 2 heterocycles. The zero-order valence-electron chi connectivity index (χ0n) is 7.32. The van der Waals surface area contributed by atoms with E-state index in [1.165, 1.54) is 0 Å². The van der Waals surface area contributed by atoms with Gasteiger partial charge in [-0.3, -0.25) is 4.98 Å². The molecule has 1 N–H and O–H groups in total. The van der Waals surface area contributed by atoms with Gasteiger partial charge in [0.05, 0.1) is 6.26 Å². The second-order valence-corrected chi connectivity index (χ2v) is 2.66. The summed E-state index contributed by atoms with van der Waals surface area (Å²) in [6.07, 6.45) is 3.40. The second-order valence-electron chi connectivity index (χ2n) is 2.66. The largest absolute Gasteiger partial charge is 0.463 e. The Labute approximate surface area is 76.4 Å². The number of anilines is 1. The first-order valence-electron chi connectivity index (χ1n) is 4.08. The standard InChI is InChI=1S/C10H10N2O/c1-11-8-4-5-12-9(7-8)10-3-2-6-13-10/h2-7H,1H3,(H,11,12). The van der Waals surface area contributed by atoms with Crippen LogP contribution in [0.1, 0.15) is 0 Å². The van der Waals surface area contributed by atoms with Crippen LogP contribution in [0.15, 0.2) is 41.1 Å². The van der Waals surface area contributed by atoms with Gasteiger partial charge in [-0.15, -0.1) is 0 Å². The highest BCUT2D eigenvalue weighted by molar-refractivity contribution is 5.58. The zero-order chi connectivity index (χ0) is 9.10. The van der Waals surface area contributed by atoms with Gasteiger partial charge in [-0.2, -0.15) is 0 Å². The fourth-order valence-electron chi connectivity index (χ4n) is 1.15. The van der Waals surface area contributed by atoms with Crippen molar-refractivity contribution in [3.05, 3.63) is 36.7 Å². The summed E-state index contributed by atoms with van der Waals surface area (Å²) in [4.78, 5) is 4.20. The van der Waals surface area contributed by atoms with Crippen molar-refractivity contribution in [2.45, 2.75) is 0 Å². The Balaban J connectivity index is 2.41. The van der Waals surface area contributed by atoms with Gasteiger partial charge in [0.15, 0.2) is 5.76 Å². The fraction of sp³-hybridized carbons (Fsp3) is 0.100. The van der Waals surface area contributed by atoms with Crippen molar-refractivity contribution in [2.24, 2.45) is 0 Å². The summed E-state index contributed by atoms with van der Waals surface area (Å²) in [5.41, 5.74) is 1.87. The lowest BCUT2D eigenvalue weighted by atomic mass is 10.2. The van der Waals surface area contributed by atoms with Gasteiger partial charge in [-0.25, -0.2) is 0 Å². The molecular weight excluding hydrogens is 164 g/mol. The smallest absolute Gasteiger partial charge is 0.152 e. The lowest BCUT2D eigenvalue weighted by molar-refractivity contribution is 0.580. The highest BCUT2D eigenvalue weighted by Gasteiger charge is 2.01. The third-order valence-electron chi connectivity index (χ3n) is 1.82. The average Bonchev–Trinajstić information content (AvgIpc) is 2.71. The Kier molecular flexibility index (Phi) is 2.00. The van der Waals surface area contributed by atoms with E-state index >= 15 is 0 Å². The van der Waals surface area contributed by atoms with Gasteiger partial charge in [0.1, 0.15) is 5.69 Å². The Hall–Kier alpha value is -1.77. The third-order valence-corrected chi connectivity index (χ3v) is 1.82. The van der Waals surface area contributed by atoms with Gasteiger partial charge in [-0.05, 0) is 24.3 Å². The van der Waals surface area contributed by atoms with E-state index in [-0.39, 0.29) is 0 Å². The van der Waals surface area contributed by atoms with Gasteiger partial charge in [0.25, 0.3) is 0 Å². The maximum atomic E-state index is 5.23. The molecule has 0 aromatic carbocycles. The highest BCUT2D eigenvalue weighted by Crippen LogP contribution is 2.19. The van der Waals surface area contributed by atoms with E-state index in [0.717, 1.165) is 17.1 Å². The molecule has 0 aliphatic carbocycles. The van der Waals surface area contributed by atoms with Crippen LogP contribution in [0.3, 0.4) is 0 Å². The quantitative estimate of drug-likeness (QED) is 0.759. The van der Waals surface area contributed by atoms with Crippen LogP contribution in [0.5, 0.6) is 0 Å². The van der Waals surface area contributed by atoms with Crippen LogP contribution in [0.25, 0.3) is 11.5 Å². The summed E-state index contributed by atoms with van der Waals surface area (Å²) in [5, 5.41) is 3.05. The van der Waals surface area contributed by atoms with Crippen LogP contribution in [0, 0.1) is 0 Å². The molecule has 0 atom stereocenters. The normalized spacial score (nSPS) is 9.92. The third kappa shape index (κ3) is 1.54. The number of nitrogens with zero attached hydrogens (tertiary/aromatic N) is 1. The maximum absolute atomic E-state index is 5.23. The summed E-state index contributed by atoms with van der Waals surface area (Å²) in [5.74, 6) is 0.789. The molecule has 0 bridgehead atoms. The molecule has 0 unspecified atom stereocenters. The molecular formula is C10H10N2O. The fourth-order valence-corrected chi connectivity index (χ4v) is 1.15. The molecule has 3 nitrogen and oxygen atoms in total. The zero-order valence-corrected chi connectivity index (χ0v) is 7.32. The van der Waals surface area contributed by atoms with Crippen molar-refractivity contribution < 1.29 is 4.42 Å². The molecule has 0 saturated heterocycles. The molecule has 0 aliphatic rings. The van der Waals surface area contributed by atoms with Gasteiger partial charge >= 0.3 is 0 Å². The molecule has 0 spiro atoms. The van der Waals surface area contributed by atoms with Crippen molar-refractivity contribution in [1.29, 1.82) is 0 Å². The van der Waals surface area contributed by atoms with Crippen molar-refractivity contribution >= 4 is 5.69 Å². The Morgan fingerprint density at radius 2 is 2.31 bits per heavy atom. The van der Waals surface area contributed by atoms with E-state index in [2.05, 4.69) is 10.3 Å². The molecule has 0 radical (unpaired) electrons. The van der Waals surface area contributed by atoms with Crippen LogP contribution in [-0.4, -0.2) is 12.0 Å². The number of furan rings is 1. The molecule has 3 heteroatoms. The van der Waals surface area contributed by atoms with Crippen molar-refractivity contribution in [3.8, 4) is 11.5 Å². The Morgan fingerprint density at radius 1 is 1.38 bits per heavy atom. The monoisotopic (exact) mass is 174 g/mol. The molecule has 2 aromatic heterocycles. The van der Waals surface area contributed by atoms with Crippen LogP contribution >= 0.6 is 0 Å². The SMILES string of the molecule is CNc1ccnc(-c2ccco2)c1. The predicted molar refractivity (Wildman–Crippen MR) is 51.5 cm³/mol. The minimum absolute atomic E-state index is 0.789. The summed E-state index contributed by atoms with van der Waals surface area (Å²) in [7, 11) is 1.88. The average molecular weight is 174 g/mol. The van der Waals surface area contributed by atoms with Crippen LogP contribution in [0.2, 0.25) is 0 Å². The van der Waals surface area contributed by atoms with E-state index in [9.17, 15) is 0 Å². The first-order valence-corrected chi connectivity index (χ1v) is 4.08. The van der Waals surface area contributed by atoms with Crippen LogP contribution < -0.4 is 5.32 Å². The number of pyridine rings is 1. The van der Waals surface area contributed by atoms with Crippen LogP contribution in [0.4, 0.5) is 5.69 Å². The van der Waals surface area contributed by atoms with E-state index in [0.29, 0.717) is 0 Å². The molecule has 2 aromatic rings. The van der Waals surface area contributed by atoms with E-state index in [1.54, 1.807) is 12.5 Å². The summed E-state index contributed by atoms with van der Waals surface area (Å²) in [6, 6.07) is 7.59. The first kappa shape index (κ1) is 7.86. The first-order chi connectivity index (χ1) is 6.40. The predicted octanol–water partition coefficient (Wildman–Crippen LogP) is 2.38. The molecule has 0 amide bonds. The molecule has 0 fully saturated rings. The topological polar surface area (TPSA) is 38.1 Å². The van der Waals surface area contributed by atoms with Crippen molar-refractivity contribution in [1.82, 2.24) is 4.98 Å². The number of aromatic nitrogens is 1. The lowest BCUT2D eigenvalue weighted by Crippen LogP contribution is -1.89.